The van der Waals surface area contributed by atoms with Crippen molar-refractivity contribution in [2.45, 2.75) is 0 Å². The highest BCUT2D eigenvalue weighted by molar-refractivity contribution is 7.09. The molecule has 1 saturated heterocycles. The van der Waals surface area contributed by atoms with Crippen LogP contribution in [-0.4, -0.2) is 35.7 Å². The van der Waals surface area contributed by atoms with Crippen molar-refractivity contribution in [2.24, 2.45) is 0 Å². The Labute approximate surface area is 104 Å². The van der Waals surface area contributed by atoms with Crippen LogP contribution in [0.4, 0.5) is 5.13 Å². The SMILES string of the molecule is c1ccc(-c2nsc(N3CCOCC3)n2)cc1. The number of rotatable bonds is 2. The van der Waals surface area contributed by atoms with Crippen LogP contribution in [0, 0.1) is 0 Å². The summed E-state index contributed by atoms with van der Waals surface area (Å²) in [5.41, 5.74) is 1.07. The largest absolute Gasteiger partial charge is 0.378 e. The minimum Gasteiger partial charge on any atom is -0.378 e. The highest BCUT2D eigenvalue weighted by atomic mass is 32.1. The van der Waals surface area contributed by atoms with Crippen LogP contribution in [0.3, 0.4) is 0 Å². The van der Waals surface area contributed by atoms with Crippen LogP contribution in [0.1, 0.15) is 0 Å². The molecule has 1 aromatic heterocycles. The monoisotopic (exact) mass is 247 g/mol. The number of nitrogens with zero attached hydrogens (tertiary/aromatic N) is 3. The number of hydrogen-bond donors (Lipinski definition) is 0. The fourth-order valence-corrected chi connectivity index (χ4v) is 2.54. The van der Waals surface area contributed by atoms with Crippen LogP contribution >= 0.6 is 11.5 Å². The standard InChI is InChI=1S/C12H13N3OS/c1-2-4-10(5-3-1)11-13-12(17-14-11)15-6-8-16-9-7-15/h1-5H,6-9H2. The van der Waals surface area contributed by atoms with Gasteiger partial charge in [-0.3, -0.25) is 0 Å². The van der Waals surface area contributed by atoms with Crippen LogP contribution < -0.4 is 4.90 Å². The smallest absolute Gasteiger partial charge is 0.205 e. The third kappa shape index (κ3) is 2.30. The molecule has 5 heteroatoms. The fourth-order valence-electron chi connectivity index (χ4n) is 1.80. The Morgan fingerprint density at radius 3 is 2.65 bits per heavy atom. The first-order valence-electron chi connectivity index (χ1n) is 5.65. The number of hydrogen-bond acceptors (Lipinski definition) is 5. The van der Waals surface area contributed by atoms with E-state index < -0.39 is 0 Å². The summed E-state index contributed by atoms with van der Waals surface area (Å²) in [6.45, 7) is 3.37. The van der Waals surface area contributed by atoms with Gasteiger partial charge in [-0.05, 0) is 0 Å². The molecule has 1 aliphatic rings. The summed E-state index contributed by atoms with van der Waals surface area (Å²) in [6.07, 6.45) is 0. The molecule has 0 aliphatic carbocycles. The Balaban J connectivity index is 1.83. The summed E-state index contributed by atoms with van der Waals surface area (Å²) in [7, 11) is 0. The third-order valence-electron chi connectivity index (χ3n) is 2.73. The molecular weight excluding hydrogens is 234 g/mol. The molecule has 4 nitrogen and oxygen atoms in total. The van der Waals surface area contributed by atoms with E-state index >= 15 is 0 Å². The lowest BCUT2D eigenvalue weighted by molar-refractivity contribution is 0.122. The molecule has 0 amide bonds. The summed E-state index contributed by atoms with van der Waals surface area (Å²) in [4.78, 5) is 6.81. The van der Waals surface area contributed by atoms with Crippen molar-refractivity contribution in [3.63, 3.8) is 0 Å². The van der Waals surface area contributed by atoms with E-state index in [4.69, 9.17) is 4.74 Å². The molecule has 1 aliphatic heterocycles. The predicted octanol–water partition coefficient (Wildman–Crippen LogP) is 2.04. The van der Waals surface area contributed by atoms with Crippen LogP contribution in [0.5, 0.6) is 0 Å². The number of aromatic nitrogens is 2. The van der Waals surface area contributed by atoms with Crippen molar-refractivity contribution >= 4 is 16.7 Å². The van der Waals surface area contributed by atoms with Gasteiger partial charge in [0, 0.05) is 30.2 Å². The fraction of sp³-hybridized carbons (Fsp3) is 0.333. The van der Waals surface area contributed by atoms with Gasteiger partial charge in [-0.15, -0.1) is 0 Å². The molecule has 0 radical (unpaired) electrons. The lowest BCUT2D eigenvalue weighted by atomic mass is 10.2. The Hall–Kier alpha value is -1.46. The molecule has 2 aromatic rings. The zero-order valence-corrected chi connectivity index (χ0v) is 10.2. The number of ether oxygens (including phenoxy) is 1. The summed E-state index contributed by atoms with van der Waals surface area (Å²) in [6, 6.07) is 10.1. The van der Waals surface area contributed by atoms with E-state index in [-0.39, 0.29) is 0 Å². The molecule has 17 heavy (non-hydrogen) atoms. The molecule has 0 unspecified atom stereocenters. The quantitative estimate of drug-likeness (QED) is 0.814. The summed E-state index contributed by atoms with van der Waals surface area (Å²) in [5, 5.41) is 0.993. The van der Waals surface area contributed by atoms with E-state index in [9.17, 15) is 0 Å². The van der Waals surface area contributed by atoms with Crippen molar-refractivity contribution in [1.29, 1.82) is 0 Å². The summed E-state index contributed by atoms with van der Waals surface area (Å²) >= 11 is 1.46. The van der Waals surface area contributed by atoms with E-state index in [1.165, 1.54) is 11.5 Å². The van der Waals surface area contributed by atoms with Gasteiger partial charge < -0.3 is 9.64 Å². The minimum absolute atomic E-state index is 0.778. The van der Waals surface area contributed by atoms with Crippen molar-refractivity contribution < 1.29 is 4.74 Å². The second-order valence-corrected chi connectivity index (χ2v) is 4.60. The van der Waals surface area contributed by atoms with Crippen molar-refractivity contribution in [1.82, 2.24) is 9.36 Å². The van der Waals surface area contributed by atoms with Crippen LogP contribution in [0.15, 0.2) is 30.3 Å². The second-order valence-electron chi connectivity index (χ2n) is 3.87. The normalized spacial score (nSPS) is 16.1. The van der Waals surface area contributed by atoms with Gasteiger partial charge >= 0.3 is 0 Å². The van der Waals surface area contributed by atoms with Crippen LogP contribution in [0.25, 0.3) is 11.4 Å². The maximum atomic E-state index is 5.33. The lowest BCUT2D eigenvalue weighted by Crippen LogP contribution is -2.36. The van der Waals surface area contributed by atoms with E-state index in [1.807, 2.05) is 30.3 Å². The number of anilines is 1. The highest BCUT2D eigenvalue weighted by Crippen LogP contribution is 2.24. The van der Waals surface area contributed by atoms with Gasteiger partial charge in [-0.25, -0.2) is 0 Å². The molecule has 1 aromatic carbocycles. The van der Waals surface area contributed by atoms with Crippen molar-refractivity contribution in [2.75, 3.05) is 31.2 Å². The highest BCUT2D eigenvalue weighted by Gasteiger charge is 2.15. The van der Waals surface area contributed by atoms with Gasteiger partial charge in [-0.2, -0.15) is 9.36 Å². The van der Waals surface area contributed by atoms with E-state index in [0.29, 0.717) is 0 Å². The topological polar surface area (TPSA) is 38.2 Å². The molecule has 0 N–H and O–H groups in total. The molecule has 0 bridgehead atoms. The van der Waals surface area contributed by atoms with Gasteiger partial charge in [0.1, 0.15) is 0 Å². The summed E-state index contributed by atoms with van der Waals surface area (Å²) in [5.74, 6) is 0.817. The number of benzene rings is 1. The maximum absolute atomic E-state index is 5.33. The van der Waals surface area contributed by atoms with Crippen molar-refractivity contribution in [3.05, 3.63) is 30.3 Å². The van der Waals surface area contributed by atoms with Gasteiger partial charge in [0.05, 0.1) is 13.2 Å². The molecule has 0 saturated carbocycles. The van der Waals surface area contributed by atoms with Gasteiger partial charge in [0.25, 0.3) is 0 Å². The average molecular weight is 247 g/mol. The predicted molar refractivity (Wildman–Crippen MR) is 68.4 cm³/mol. The zero-order valence-electron chi connectivity index (χ0n) is 9.37. The third-order valence-corrected chi connectivity index (χ3v) is 3.51. The zero-order chi connectivity index (χ0) is 11.5. The van der Waals surface area contributed by atoms with E-state index in [2.05, 4.69) is 14.3 Å². The lowest BCUT2D eigenvalue weighted by Gasteiger charge is -2.25. The van der Waals surface area contributed by atoms with Gasteiger partial charge in [0.2, 0.25) is 5.13 Å². The van der Waals surface area contributed by atoms with Crippen LogP contribution in [0.2, 0.25) is 0 Å². The van der Waals surface area contributed by atoms with Gasteiger partial charge in [0.15, 0.2) is 5.82 Å². The first-order valence-corrected chi connectivity index (χ1v) is 6.43. The Morgan fingerprint density at radius 1 is 1.12 bits per heavy atom. The number of morpholine rings is 1. The van der Waals surface area contributed by atoms with E-state index in [0.717, 1.165) is 42.8 Å². The molecular formula is C12H13N3OS. The first-order chi connectivity index (χ1) is 8.43. The second kappa shape index (κ2) is 4.81. The Bertz CT molecular complexity index is 480. The van der Waals surface area contributed by atoms with Crippen molar-refractivity contribution in [3.8, 4) is 11.4 Å². The Kier molecular flexibility index (Phi) is 3.02. The molecule has 2 heterocycles. The maximum Gasteiger partial charge on any atom is 0.205 e. The molecule has 88 valence electrons. The molecule has 0 spiro atoms. The molecule has 0 atom stereocenters. The summed E-state index contributed by atoms with van der Waals surface area (Å²) < 4.78 is 9.74. The van der Waals surface area contributed by atoms with Crippen LogP contribution in [-0.2, 0) is 4.74 Å². The molecule has 3 rings (SSSR count). The van der Waals surface area contributed by atoms with E-state index in [1.54, 1.807) is 0 Å². The first kappa shape index (κ1) is 10.7. The Morgan fingerprint density at radius 2 is 1.88 bits per heavy atom. The average Bonchev–Trinajstić information content (AvgIpc) is 2.90. The minimum atomic E-state index is 0.778. The molecule has 1 fully saturated rings. The van der Waals surface area contributed by atoms with Gasteiger partial charge in [-0.1, -0.05) is 30.3 Å².